The van der Waals surface area contributed by atoms with E-state index in [0.29, 0.717) is 6.29 Å². The Morgan fingerprint density at radius 3 is 1.83 bits per heavy atom. The summed E-state index contributed by atoms with van der Waals surface area (Å²) in [6.07, 6.45) is 2.08. The Morgan fingerprint density at radius 2 is 1.58 bits per heavy atom. The monoisotopic (exact) mass is 166 g/mol. The summed E-state index contributed by atoms with van der Waals surface area (Å²) >= 11 is 0. The van der Waals surface area contributed by atoms with E-state index in [-0.39, 0.29) is 11.4 Å². The van der Waals surface area contributed by atoms with E-state index < -0.39 is 0 Å². The molecule has 0 bridgehead atoms. The van der Waals surface area contributed by atoms with Crippen LogP contribution in [0.4, 0.5) is 0 Å². The standard InChI is InChI=1S/C10H14O2/c1-7(2)5-10(12)9(6-11)8(3)4/h5-6H,1-4H3. The van der Waals surface area contributed by atoms with Gasteiger partial charge in [0, 0.05) is 0 Å². The van der Waals surface area contributed by atoms with Gasteiger partial charge in [0.25, 0.3) is 0 Å². The topological polar surface area (TPSA) is 34.1 Å². The van der Waals surface area contributed by atoms with Gasteiger partial charge in [0.2, 0.25) is 0 Å². The quantitative estimate of drug-likeness (QED) is 0.278. The Balaban J connectivity index is 4.81. The molecule has 0 spiro atoms. The minimum Gasteiger partial charge on any atom is -0.298 e. The first kappa shape index (κ1) is 10.8. The number of carbonyl (C=O) groups excluding carboxylic acids is 2. The number of aldehydes is 1. The van der Waals surface area contributed by atoms with Crippen LogP contribution in [0.2, 0.25) is 0 Å². The van der Waals surface area contributed by atoms with Crippen LogP contribution >= 0.6 is 0 Å². The summed E-state index contributed by atoms with van der Waals surface area (Å²) in [6, 6.07) is 0. The first-order valence-electron chi connectivity index (χ1n) is 3.81. The molecule has 0 aromatic carbocycles. The fourth-order valence-electron chi connectivity index (χ4n) is 0.762. The molecule has 0 atom stereocenters. The molecule has 0 N–H and O–H groups in total. The number of allylic oxidation sites excluding steroid dienone is 4. The molecule has 0 fully saturated rings. The van der Waals surface area contributed by atoms with Gasteiger partial charge < -0.3 is 0 Å². The van der Waals surface area contributed by atoms with Gasteiger partial charge in [-0.15, -0.1) is 0 Å². The van der Waals surface area contributed by atoms with E-state index in [2.05, 4.69) is 0 Å². The molecule has 0 heterocycles. The van der Waals surface area contributed by atoms with E-state index >= 15 is 0 Å². The summed E-state index contributed by atoms with van der Waals surface area (Å²) in [7, 11) is 0. The molecule has 0 aliphatic carbocycles. The molecule has 2 nitrogen and oxygen atoms in total. The third-order valence-corrected chi connectivity index (χ3v) is 1.34. The lowest BCUT2D eigenvalue weighted by Gasteiger charge is -1.96. The highest BCUT2D eigenvalue weighted by molar-refractivity contribution is 6.17. The second-order valence-electron chi connectivity index (χ2n) is 3.12. The molecule has 0 aromatic rings. The van der Waals surface area contributed by atoms with E-state index in [4.69, 9.17) is 0 Å². The molecule has 66 valence electrons. The normalized spacial score (nSPS) is 8.67. The number of hydrogen-bond donors (Lipinski definition) is 0. The van der Waals surface area contributed by atoms with Crippen molar-refractivity contribution in [2.24, 2.45) is 0 Å². The van der Waals surface area contributed by atoms with Crippen LogP contribution in [-0.4, -0.2) is 12.1 Å². The van der Waals surface area contributed by atoms with Crippen LogP contribution in [0.1, 0.15) is 27.7 Å². The van der Waals surface area contributed by atoms with Crippen LogP contribution in [0, 0.1) is 0 Å². The summed E-state index contributed by atoms with van der Waals surface area (Å²) in [5, 5.41) is 0. The Labute approximate surface area is 73.0 Å². The molecule has 0 aliphatic heterocycles. The fourth-order valence-corrected chi connectivity index (χ4v) is 0.762. The van der Waals surface area contributed by atoms with E-state index in [1.165, 1.54) is 6.08 Å². The first-order valence-corrected chi connectivity index (χ1v) is 3.81. The predicted octanol–water partition coefficient (Wildman–Crippen LogP) is 2.06. The van der Waals surface area contributed by atoms with Crippen molar-refractivity contribution in [2.75, 3.05) is 0 Å². The van der Waals surface area contributed by atoms with Crippen molar-refractivity contribution >= 4 is 12.1 Å². The van der Waals surface area contributed by atoms with Crippen LogP contribution in [0.15, 0.2) is 22.8 Å². The highest BCUT2D eigenvalue weighted by atomic mass is 16.1. The van der Waals surface area contributed by atoms with E-state index in [1.807, 2.05) is 13.8 Å². The van der Waals surface area contributed by atoms with Gasteiger partial charge in [-0.3, -0.25) is 9.59 Å². The van der Waals surface area contributed by atoms with Crippen molar-refractivity contribution in [1.29, 1.82) is 0 Å². The molecule has 0 saturated heterocycles. The number of hydrogen-bond acceptors (Lipinski definition) is 2. The van der Waals surface area contributed by atoms with Gasteiger partial charge in [-0.25, -0.2) is 0 Å². The lowest BCUT2D eigenvalue weighted by molar-refractivity contribution is -0.114. The number of ketones is 1. The zero-order chi connectivity index (χ0) is 9.72. The second kappa shape index (κ2) is 4.65. The van der Waals surface area contributed by atoms with Crippen LogP contribution in [0.5, 0.6) is 0 Å². The Morgan fingerprint density at radius 1 is 1.08 bits per heavy atom. The number of rotatable bonds is 3. The van der Waals surface area contributed by atoms with Gasteiger partial charge in [0.1, 0.15) is 0 Å². The molecule has 0 saturated carbocycles. The molecule has 0 rings (SSSR count). The molecular weight excluding hydrogens is 152 g/mol. The van der Waals surface area contributed by atoms with Gasteiger partial charge in [-0.2, -0.15) is 0 Å². The Kier molecular flexibility index (Phi) is 4.19. The Hall–Kier alpha value is -1.18. The molecule has 2 heteroatoms. The molecule has 0 radical (unpaired) electrons. The summed E-state index contributed by atoms with van der Waals surface area (Å²) in [4.78, 5) is 21.7. The van der Waals surface area contributed by atoms with Gasteiger partial charge in [-0.05, 0) is 33.8 Å². The smallest absolute Gasteiger partial charge is 0.188 e. The molecule has 0 aliphatic rings. The highest BCUT2D eigenvalue weighted by Crippen LogP contribution is 2.04. The molecule has 12 heavy (non-hydrogen) atoms. The molecule has 0 amide bonds. The Bertz CT molecular complexity index is 249. The van der Waals surface area contributed by atoms with Crippen LogP contribution in [0.3, 0.4) is 0 Å². The van der Waals surface area contributed by atoms with Gasteiger partial charge >= 0.3 is 0 Å². The average Bonchev–Trinajstić information content (AvgIpc) is 1.85. The zero-order valence-corrected chi connectivity index (χ0v) is 7.97. The van der Waals surface area contributed by atoms with Gasteiger partial charge in [0.15, 0.2) is 12.1 Å². The van der Waals surface area contributed by atoms with Crippen molar-refractivity contribution in [3.05, 3.63) is 22.8 Å². The van der Waals surface area contributed by atoms with E-state index in [0.717, 1.165) is 11.1 Å². The maximum atomic E-state index is 11.3. The SMILES string of the molecule is CC(C)=CC(=O)C(C=O)=C(C)C. The van der Waals surface area contributed by atoms with Crippen molar-refractivity contribution in [3.8, 4) is 0 Å². The fraction of sp³-hybridized carbons (Fsp3) is 0.400. The lowest BCUT2D eigenvalue weighted by Crippen LogP contribution is -2.02. The maximum Gasteiger partial charge on any atom is 0.188 e. The summed E-state index contributed by atoms with van der Waals surface area (Å²) in [5.41, 5.74) is 1.92. The maximum absolute atomic E-state index is 11.3. The van der Waals surface area contributed by atoms with Crippen LogP contribution in [0.25, 0.3) is 0 Å². The summed E-state index contributed by atoms with van der Waals surface area (Å²) < 4.78 is 0. The predicted molar refractivity (Wildman–Crippen MR) is 48.9 cm³/mol. The molecule has 0 unspecified atom stereocenters. The summed E-state index contributed by atoms with van der Waals surface area (Å²) in [5.74, 6) is -0.204. The third kappa shape index (κ3) is 3.28. The first-order chi connectivity index (χ1) is 5.49. The van der Waals surface area contributed by atoms with Crippen molar-refractivity contribution in [3.63, 3.8) is 0 Å². The number of carbonyl (C=O) groups is 2. The van der Waals surface area contributed by atoms with Gasteiger partial charge in [-0.1, -0.05) is 11.1 Å². The molecule has 0 aromatic heterocycles. The molecular formula is C10H14O2. The largest absolute Gasteiger partial charge is 0.298 e. The highest BCUT2D eigenvalue weighted by Gasteiger charge is 2.06. The summed E-state index contributed by atoms with van der Waals surface area (Å²) in [6.45, 7) is 7.15. The van der Waals surface area contributed by atoms with E-state index in [1.54, 1.807) is 13.8 Å². The third-order valence-electron chi connectivity index (χ3n) is 1.34. The second-order valence-corrected chi connectivity index (χ2v) is 3.12. The van der Waals surface area contributed by atoms with Gasteiger partial charge in [0.05, 0.1) is 5.57 Å². The van der Waals surface area contributed by atoms with Crippen molar-refractivity contribution in [1.82, 2.24) is 0 Å². The minimum absolute atomic E-state index is 0.204. The zero-order valence-electron chi connectivity index (χ0n) is 7.97. The average molecular weight is 166 g/mol. The van der Waals surface area contributed by atoms with Crippen LogP contribution < -0.4 is 0 Å². The van der Waals surface area contributed by atoms with E-state index in [9.17, 15) is 9.59 Å². The van der Waals surface area contributed by atoms with Crippen LogP contribution in [-0.2, 0) is 9.59 Å². The van der Waals surface area contributed by atoms with Crippen molar-refractivity contribution in [2.45, 2.75) is 27.7 Å². The lowest BCUT2D eigenvalue weighted by atomic mass is 10.1. The van der Waals surface area contributed by atoms with Crippen molar-refractivity contribution < 1.29 is 9.59 Å². The minimum atomic E-state index is -0.204.